The van der Waals surface area contributed by atoms with Gasteiger partial charge >= 0.3 is 0 Å². The Balaban J connectivity index is 1.69. The number of nitrogens with zero attached hydrogens (tertiary/aromatic N) is 5. The highest BCUT2D eigenvalue weighted by atomic mass is 16.5. The van der Waals surface area contributed by atoms with Crippen LogP contribution in [0.3, 0.4) is 0 Å². The quantitative estimate of drug-likeness (QED) is 0.484. The summed E-state index contributed by atoms with van der Waals surface area (Å²) < 4.78 is 7.45. The normalized spacial score (nSPS) is 15.2. The van der Waals surface area contributed by atoms with Gasteiger partial charge in [0.25, 0.3) is 5.56 Å². The molecular weight excluding hydrogens is 432 g/mol. The third kappa shape index (κ3) is 4.90. The minimum atomic E-state index is -0.259. The van der Waals surface area contributed by atoms with Crippen molar-refractivity contribution in [2.45, 2.75) is 40.5 Å². The molecule has 0 amide bonds. The van der Waals surface area contributed by atoms with Crippen molar-refractivity contribution in [2.24, 2.45) is 0 Å². The van der Waals surface area contributed by atoms with Crippen LogP contribution in [0.5, 0.6) is 5.75 Å². The predicted octanol–water partition coefficient (Wildman–Crippen LogP) is 2.56. The minimum absolute atomic E-state index is 0.0443. The molecule has 1 saturated heterocycles. The number of piperazine rings is 1. The average Bonchev–Trinajstić information content (AvgIpc) is 3.15. The Labute approximate surface area is 199 Å². The molecule has 34 heavy (non-hydrogen) atoms. The molecule has 3 aromatic rings. The summed E-state index contributed by atoms with van der Waals surface area (Å²) in [6, 6.07) is 5.36. The molecule has 1 aliphatic rings. The molecule has 0 aliphatic carbocycles. The molecule has 4 rings (SSSR count). The molecule has 2 aromatic heterocycles. The second kappa shape index (κ2) is 10.5. The van der Waals surface area contributed by atoms with Gasteiger partial charge in [-0.05, 0) is 45.0 Å². The Morgan fingerprint density at radius 1 is 1.12 bits per heavy atom. The lowest BCUT2D eigenvalue weighted by Gasteiger charge is -2.33. The molecule has 1 aliphatic heterocycles. The molecule has 0 bridgehead atoms. The molecule has 182 valence electrons. The van der Waals surface area contributed by atoms with Gasteiger partial charge in [0.05, 0.1) is 24.4 Å². The van der Waals surface area contributed by atoms with Gasteiger partial charge in [0, 0.05) is 38.2 Å². The number of ether oxygens (including phenoxy) is 1. The standard InChI is InChI=1S/C25H34N6O3/c1-5-8-22-26-17(4)23-25(33)27-24(28-31(22)23)19-15-18(9-10-21(19)34-7-3)20(32)16-30-13-11-29(6-2)12-14-30/h9-10,15H,5-8,11-14,16H2,1-4H3,(H,27,28,33). The van der Waals surface area contributed by atoms with Gasteiger partial charge in [-0.2, -0.15) is 0 Å². The first kappa shape index (κ1) is 24.1. The maximum absolute atomic E-state index is 13.1. The average molecular weight is 467 g/mol. The summed E-state index contributed by atoms with van der Waals surface area (Å²) in [7, 11) is 0. The first-order chi connectivity index (χ1) is 16.4. The van der Waals surface area contributed by atoms with Crippen LogP contribution in [-0.4, -0.2) is 81.0 Å². The van der Waals surface area contributed by atoms with Crippen molar-refractivity contribution in [2.75, 3.05) is 45.9 Å². The van der Waals surface area contributed by atoms with Crippen molar-refractivity contribution >= 4 is 11.3 Å². The highest BCUT2D eigenvalue weighted by Gasteiger charge is 2.21. The van der Waals surface area contributed by atoms with Gasteiger partial charge in [0.1, 0.15) is 11.6 Å². The molecule has 0 unspecified atom stereocenters. The van der Waals surface area contributed by atoms with E-state index in [-0.39, 0.29) is 11.3 Å². The molecule has 0 atom stereocenters. The van der Waals surface area contributed by atoms with E-state index in [9.17, 15) is 9.59 Å². The van der Waals surface area contributed by atoms with Gasteiger partial charge in [-0.3, -0.25) is 14.5 Å². The number of Topliss-reactive ketones (excluding diaryl/α,β-unsaturated/α-hetero) is 1. The molecule has 0 radical (unpaired) electrons. The molecule has 3 heterocycles. The van der Waals surface area contributed by atoms with Crippen LogP contribution in [0.25, 0.3) is 16.9 Å². The van der Waals surface area contributed by atoms with Crippen molar-refractivity contribution < 1.29 is 9.53 Å². The summed E-state index contributed by atoms with van der Waals surface area (Å²) in [6.45, 7) is 13.5. The number of benzene rings is 1. The summed E-state index contributed by atoms with van der Waals surface area (Å²) in [4.78, 5) is 38.1. The highest BCUT2D eigenvalue weighted by Crippen LogP contribution is 2.29. The van der Waals surface area contributed by atoms with Crippen molar-refractivity contribution in [1.29, 1.82) is 0 Å². The molecular formula is C25H34N6O3. The van der Waals surface area contributed by atoms with E-state index >= 15 is 0 Å². The topological polar surface area (TPSA) is 95.8 Å². The van der Waals surface area contributed by atoms with Crippen molar-refractivity contribution in [1.82, 2.24) is 29.4 Å². The number of imidazole rings is 1. The van der Waals surface area contributed by atoms with E-state index < -0.39 is 0 Å². The number of nitrogens with one attached hydrogen (secondary N) is 1. The van der Waals surface area contributed by atoms with Gasteiger partial charge in [-0.25, -0.2) is 9.50 Å². The number of likely N-dealkylation sites (N-methyl/N-ethyl adjacent to an activating group) is 1. The van der Waals surface area contributed by atoms with Gasteiger partial charge in [-0.1, -0.05) is 13.8 Å². The van der Waals surface area contributed by atoms with Crippen LogP contribution in [0.2, 0.25) is 0 Å². The Bertz CT molecular complexity index is 1220. The number of rotatable bonds is 9. The number of hydrogen-bond acceptors (Lipinski definition) is 7. The van der Waals surface area contributed by atoms with Gasteiger partial charge < -0.3 is 14.6 Å². The number of carbonyl (C=O) groups is 1. The number of aromatic nitrogens is 4. The van der Waals surface area contributed by atoms with E-state index in [1.54, 1.807) is 22.7 Å². The first-order valence-corrected chi connectivity index (χ1v) is 12.2. The largest absolute Gasteiger partial charge is 0.493 e. The van der Waals surface area contributed by atoms with Gasteiger partial charge in [0.2, 0.25) is 0 Å². The van der Waals surface area contributed by atoms with E-state index in [1.807, 2.05) is 13.8 Å². The zero-order valence-electron chi connectivity index (χ0n) is 20.6. The summed E-state index contributed by atoms with van der Waals surface area (Å²) in [5.41, 5.74) is 2.01. The zero-order valence-corrected chi connectivity index (χ0v) is 20.6. The summed E-state index contributed by atoms with van der Waals surface area (Å²) in [5, 5.41) is 4.71. The van der Waals surface area contributed by atoms with E-state index in [0.29, 0.717) is 53.5 Å². The zero-order chi connectivity index (χ0) is 24.2. The van der Waals surface area contributed by atoms with Crippen molar-refractivity contribution in [3.8, 4) is 17.1 Å². The summed E-state index contributed by atoms with van der Waals surface area (Å²) in [5.74, 6) is 1.73. The van der Waals surface area contributed by atoms with E-state index in [1.165, 1.54) is 0 Å². The smallest absolute Gasteiger partial charge is 0.277 e. The van der Waals surface area contributed by atoms with E-state index in [2.05, 4.69) is 33.6 Å². The van der Waals surface area contributed by atoms with Crippen LogP contribution >= 0.6 is 0 Å². The van der Waals surface area contributed by atoms with E-state index in [0.717, 1.165) is 45.0 Å². The maximum Gasteiger partial charge on any atom is 0.277 e. The Kier molecular flexibility index (Phi) is 7.43. The maximum atomic E-state index is 13.1. The second-order valence-electron chi connectivity index (χ2n) is 8.70. The molecule has 9 heteroatoms. The monoisotopic (exact) mass is 466 g/mol. The number of hydrogen-bond donors (Lipinski definition) is 1. The molecule has 0 spiro atoms. The van der Waals surface area contributed by atoms with Gasteiger partial charge in [0.15, 0.2) is 17.1 Å². The summed E-state index contributed by atoms with van der Waals surface area (Å²) >= 11 is 0. The fourth-order valence-corrected chi connectivity index (χ4v) is 4.47. The number of carbonyl (C=O) groups excluding carboxylic acids is 1. The lowest BCUT2D eigenvalue weighted by molar-refractivity contribution is 0.0859. The Morgan fingerprint density at radius 2 is 1.85 bits per heavy atom. The third-order valence-corrected chi connectivity index (χ3v) is 6.35. The molecule has 9 nitrogen and oxygen atoms in total. The van der Waals surface area contributed by atoms with E-state index in [4.69, 9.17) is 9.84 Å². The number of aromatic amines is 1. The first-order valence-electron chi connectivity index (χ1n) is 12.2. The lowest BCUT2D eigenvalue weighted by atomic mass is 10.0. The SMILES string of the molecule is CCCc1nc(C)c2c(=O)[nH]c(-c3cc(C(=O)CN4CCN(CC)CC4)ccc3OCC)nn12. The number of aryl methyl sites for hydroxylation is 2. The van der Waals surface area contributed by atoms with Gasteiger partial charge in [-0.15, -0.1) is 5.10 Å². The fourth-order valence-electron chi connectivity index (χ4n) is 4.47. The van der Waals surface area contributed by atoms with Crippen LogP contribution < -0.4 is 10.3 Å². The number of fused-ring (bicyclic) bond motifs is 1. The highest BCUT2D eigenvalue weighted by molar-refractivity contribution is 5.99. The second-order valence-corrected chi connectivity index (χ2v) is 8.70. The van der Waals surface area contributed by atoms with Crippen molar-refractivity contribution in [3.63, 3.8) is 0 Å². The fraction of sp³-hybridized carbons (Fsp3) is 0.520. The van der Waals surface area contributed by atoms with Crippen molar-refractivity contribution in [3.05, 3.63) is 45.6 Å². The molecule has 1 fully saturated rings. The van der Waals surface area contributed by atoms with Crippen LogP contribution in [0.15, 0.2) is 23.0 Å². The molecule has 0 saturated carbocycles. The number of H-pyrrole nitrogens is 1. The van der Waals surface area contributed by atoms with Crippen LogP contribution in [-0.2, 0) is 6.42 Å². The lowest BCUT2D eigenvalue weighted by Crippen LogP contribution is -2.47. The van der Waals surface area contributed by atoms with Crippen LogP contribution in [0, 0.1) is 6.92 Å². The van der Waals surface area contributed by atoms with Crippen LogP contribution in [0.1, 0.15) is 49.1 Å². The predicted molar refractivity (Wildman–Crippen MR) is 132 cm³/mol. The summed E-state index contributed by atoms with van der Waals surface area (Å²) in [6.07, 6.45) is 1.61. The third-order valence-electron chi connectivity index (χ3n) is 6.35. The molecule has 1 aromatic carbocycles. The van der Waals surface area contributed by atoms with Crippen LogP contribution in [0.4, 0.5) is 0 Å². The minimum Gasteiger partial charge on any atom is -0.493 e. The Hall–Kier alpha value is -3.04. The number of ketones is 1. The Morgan fingerprint density at radius 3 is 2.53 bits per heavy atom. The molecule has 1 N–H and O–H groups in total.